The number of carboxylic acids is 1. The Morgan fingerprint density at radius 1 is 1.53 bits per heavy atom. The first-order valence-electron chi connectivity index (χ1n) is 6.20. The smallest absolute Gasteiger partial charge is 0.303 e. The van der Waals surface area contributed by atoms with E-state index in [-0.39, 0.29) is 18.9 Å². The van der Waals surface area contributed by atoms with Crippen LogP contribution in [0.4, 0.5) is 0 Å². The van der Waals surface area contributed by atoms with Crippen molar-refractivity contribution >= 4 is 5.97 Å². The quantitative estimate of drug-likeness (QED) is 0.775. The van der Waals surface area contributed by atoms with Gasteiger partial charge >= 0.3 is 5.97 Å². The summed E-state index contributed by atoms with van der Waals surface area (Å²) < 4.78 is 11.7. The van der Waals surface area contributed by atoms with Crippen molar-refractivity contribution in [2.24, 2.45) is 5.92 Å². The van der Waals surface area contributed by atoms with Crippen molar-refractivity contribution in [3.8, 4) is 0 Å². The second kappa shape index (κ2) is 4.55. The fraction of sp³-hybridized carbons (Fsp3) is 0.917. The summed E-state index contributed by atoms with van der Waals surface area (Å²) in [7, 11) is 0. The Hall–Kier alpha value is -0.650. The Morgan fingerprint density at radius 2 is 2.29 bits per heavy atom. The fourth-order valence-electron chi connectivity index (χ4n) is 2.79. The zero-order valence-electron chi connectivity index (χ0n) is 10.1. The van der Waals surface area contributed by atoms with E-state index in [4.69, 9.17) is 14.6 Å². The van der Waals surface area contributed by atoms with Crippen molar-refractivity contribution in [1.29, 1.82) is 0 Å². The van der Waals surface area contributed by atoms with E-state index in [2.05, 4.69) is 0 Å². The van der Waals surface area contributed by atoms with E-state index in [1.807, 2.05) is 6.92 Å². The molecular weight excluding hydrogens is 224 g/mol. The van der Waals surface area contributed by atoms with Crippen LogP contribution in [0.15, 0.2) is 0 Å². The predicted molar refractivity (Wildman–Crippen MR) is 59.5 cm³/mol. The van der Waals surface area contributed by atoms with Gasteiger partial charge in [0.25, 0.3) is 0 Å². The molecule has 0 amide bonds. The van der Waals surface area contributed by atoms with Gasteiger partial charge in [-0.2, -0.15) is 0 Å². The van der Waals surface area contributed by atoms with Gasteiger partial charge in [-0.3, -0.25) is 4.79 Å². The molecule has 1 aliphatic heterocycles. The van der Waals surface area contributed by atoms with Crippen LogP contribution in [0.3, 0.4) is 0 Å². The summed E-state index contributed by atoms with van der Waals surface area (Å²) in [6.07, 6.45) is 3.05. The van der Waals surface area contributed by atoms with Gasteiger partial charge in [-0.25, -0.2) is 0 Å². The van der Waals surface area contributed by atoms with Crippen LogP contribution in [0.1, 0.15) is 39.0 Å². The van der Waals surface area contributed by atoms with E-state index < -0.39 is 17.4 Å². The third kappa shape index (κ3) is 2.46. The molecule has 0 bridgehead atoms. The highest BCUT2D eigenvalue weighted by atomic mass is 16.8. The minimum Gasteiger partial charge on any atom is -0.481 e. The lowest BCUT2D eigenvalue weighted by Gasteiger charge is -2.28. The van der Waals surface area contributed by atoms with E-state index >= 15 is 0 Å². The van der Waals surface area contributed by atoms with Crippen molar-refractivity contribution in [1.82, 2.24) is 0 Å². The maximum absolute atomic E-state index is 10.7. The molecule has 5 nitrogen and oxygen atoms in total. The van der Waals surface area contributed by atoms with Gasteiger partial charge in [0.1, 0.15) is 5.60 Å². The zero-order valence-corrected chi connectivity index (χ0v) is 10.1. The van der Waals surface area contributed by atoms with Gasteiger partial charge < -0.3 is 19.7 Å². The molecule has 0 radical (unpaired) electrons. The summed E-state index contributed by atoms with van der Waals surface area (Å²) in [5, 5.41) is 18.2. The molecule has 3 atom stereocenters. The molecule has 98 valence electrons. The van der Waals surface area contributed by atoms with Crippen LogP contribution in [0.25, 0.3) is 0 Å². The molecule has 0 aromatic rings. The second-order valence-electron chi connectivity index (χ2n) is 5.20. The van der Waals surface area contributed by atoms with Gasteiger partial charge in [0.05, 0.1) is 13.2 Å². The van der Waals surface area contributed by atoms with E-state index in [1.165, 1.54) is 0 Å². The highest BCUT2D eigenvalue weighted by Crippen LogP contribution is 2.47. The van der Waals surface area contributed by atoms with Gasteiger partial charge in [-0.1, -0.05) is 6.92 Å². The van der Waals surface area contributed by atoms with Crippen molar-refractivity contribution in [3.05, 3.63) is 0 Å². The molecule has 2 fully saturated rings. The molecule has 2 N–H and O–H groups in total. The fourth-order valence-corrected chi connectivity index (χ4v) is 2.79. The van der Waals surface area contributed by atoms with Gasteiger partial charge in [-0.15, -0.1) is 0 Å². The normalized spacial score (nSPS) is 41.2. The van der Waals surface area contributed by atoms with E-state index in [0.717, 1.165) is 12.8 Å². The van der Waals surface area contributed by atoms with Crippen LogP contribution in [0.2, 0.25) is 0 Å². The highest BCUT2D eigenvalue weighted by Gasteiger charge is 2.53. The van der Waals surface area contributed by atoms with Crippen LogP contribution in [-0.4, -0.2) is 40.8 Å². The van der Waals surface area contributed by atoms with Crippen LogP contribution in [0.5, 0.6) is 0 Å². The molecule has 1 spiro atoms. The molecule has 5 heteroatoms. The van der Waals surface area contributed by atoms with E-state index in [9.17, 15) is 9.90 Å². The predicted octanol–water partition coefficient (Wildman–Crippen LogP) is 1.15. The lowest BCUT2D eigenvalue weighted by atomic mass is 10.0. The Labute approximate surface area is 101 Å². The number of ether oxygens (including phenoxy) is 2. The number of carbonyl (C=O) groups is 1. The number of aliphatic carboxylic acids is 1. The molecule has 0 aromatic heterocycles. The Morgan fingerprint density at radius 3 is 2.82 bits per heavy atom. The summed E-state index contributed by atoms with van der Waals surface area (Å²) >= 11 is 0. The lowest BCUT2D eigenvalue weighted by Crippen LogP contribution is -2.38. The maximum atomic E-state index is 10.7. The number of carboxylic acid groups (broad SMARTS) is 1. The molecule has 0 aromatic carbocycles. The summed E-state index contributed by atoms with van der Waals surface area (Å²) in [5.74, 6) is -1.29. The number of aliphatic hydroxyl groups excluding tert-OH is 1. The van der Waals surface area contributed by atoms with Crippen molar-refractivity contribution in [3.63, 3.8) is 0 Å². The molecule has 3 unspecified atom stereocenters. The van der Waals surface area contributed by atoms with Crippen molar-refractivity contribution in [2.75, 3.05) is 13.2 Å². The Balaban J connectivity index is 1.98. The van der Waals surface area contributed by atoms with Crippen LogP contribution >= 0.6 is 0 Å². The van der Waals surface area contributed by atoms with Crippen LogP contribution in [-0.2, 0) is 14.3 Å². The summed E-state index contributed by atoms with van der Waals surface area (Å²) in [6.45, 7) is 2.32. The SMILES string of the molecule is CCC1(CO)COC2(CCC(CC(=O)O)C2)O1. The molecule has 1 saturated carbocycles. The van der Waals surface area contributed by atoms with E-state index in [0.29, 0.717) is 19.4 Å². The minimum absolute atomic E-state index is 0.0468. The molecule has 2 aliphatic rings. The average Bonchev–Trinajstić information content (AvgIpc) is 2.84. The highest BCUT2D eigenvalue weighted by molar-refractivity contribution is 5.67. The molecule has 1 heterocycles. The monoisotopic (exact) mass is 244 g/mol. The van der Waals surface area contributed by atoms with E-state index in [1.54, 1.807) is 0 Å². The standard InChI is InChI=1S/C12H20O5/c1-2-11(7-13)8-16-12(17-11)4-3-9(6-12)5-10(14)15/h9,13H,2-8H2,1H3,(H,14,15). The first kappa shape index (κ1) is 12.8. The van der Waals surface area contributed by atoms with Crippen LogP contribution < -0.4 is 0 Å². The molecule has 2 rings (SSSR count). The second-order valence-corrected chi connectivity index (χ2v) is 5.20. The van der Waals surface area contributed by atoms with Gasteiger partial charge in [0.2, 0.25) is 0 Å². The first-order valence-corrected chi connectivity index (χ1v) is 6.20. The third-order valence-corrected chi connectivity index (χ3v) is 3.93. The van der Waals surface area contributed by atoms with Gasteiger partial charge in [0.15, 0.2) is 5.79 Å². The summed E-state index contributed by atoms with van der Waals surface area (Å²) in [4.78, 5) is 10.7. The molecular formula is C12H20O5. The summed E-state index contributed by atoms with van der Waals surface area (Å²) in [5.41, 5.74) is -0.585. The zero-order chi connectivity index (χ0) is 12.5. The van der Waals surface area contributed by atoms with Crippen LogP contribution in [0, 0.1) is 5.92 Å². The Kier molecular flexibility index (Phi) is 3.43. The molecule has 1 aliphatic carbocycles. The third-order valence-electron chi connectivity index (χ3n) is 3.93. The summed E-state index contributed by atoms with van der Waals surface area (Å²) in [6, 6.07) is 0. The maximum Gasteiger partial charge on any atom is 0.303 e. The number of hydrogen-bond donors (Lipinski definition) is 2. The van der Waals surface area contributed by atoms with Crippen molar-refractivity contribution < 1.29 is 24.5 Å². The average molecular weight is 244 g/mol. The minimum atomic E-state index is -0.769. The topological polar surface area (TPSA) is 76.0 Å². The van der Waals surface area contributed by atoms with Gasteiger partial charge in [0, 0.05) is 19.3 Å². The lowest BCUT2D eigenvalue weighted by molar-refractivity contribution is -0.191. The number of aliphatic hydroxyl groups is 1. The Bertz CT molecular complexity index is 299. The van der Waals surface area contributed by atoms with Crippen molar-refractivity contribution in [2.45, 2.75) is 50.4 Å². The van der Waals surface area contributed by atoms with Gasteiger partial charge in [-0.05, 0) is 18.8 Å². The number of hydrogen-bond acceptors (Lipinski definition) is 4. The largest absolute Gasteiger partial charge is 0.481 e. The molecule has 1 saturated heterocycles. The molecule has 17 heavy (non-hydrogen) atoms. The number of rotatable bonds is 4. The first-order chi connectivity index (χ1) is 8.03.